The number of nitrogens with two attached hydrogens (primary N) is 1. The summed E-state index contributed by atoms with van der Waals surface area (Å²) in [6.45, 7) is -0.247. The fraction of sp³-hybridized carbons (Fsp3) is 0.312. The highest BCUT2D eigenvalue weighted by Crippen LogP contribution is 2.39. The summed E-state index contributed by atoms with van der Waals surface area (Å²) in [7, 11) is 3.29. The van der Waals surface area contributed by atoms with Crippen molar-refractivity contribution in [1.29, 1.82) is 0 Å². The van der Waals surface area contributed by atoms with Crippen LogP contribution in [-0.2, 0) is 16.6 Å². The van der Waals surface area contributed by atoms with E-state index in [1.165, 1.54) is 7.11 Å². The lowest BCUT2D eigenvalue weighted by molar-refractivity contribution is -0.120. The van der Waals surface area contributed by atoms with E-state index in [1.807, 2.05) is 6.07 Å². The molecule has 0 unspecified atom stereocenters. The van der Waals surface area contributed by atoms with Crippen LogP contribution >= 0.6 is 0 Å². The Morgan fingerprint density at radius 3 is 2.96 bits per heavy atom. The molecule has 126 valence electrons. The summed E-state index contributed by atoms with van der Waals surface area (Å²) in [5.74, 6) is 0.786. The third-order valence-electron chi connectivity index (χ3n) is 3.95. The van der Waals surface area contributed by atoms with Crippen LogP contribution in [-0.4, -0.2) is 35.3 Å². The summed E-state index contributed by atoms with van der Waals surface area (Å²) in [5.41, 5.74) is 6.94. The molecule has 8 nitrogen and oxygen atoms in total. The van der Waals surface area contributed by atoms with E-state index in [0.717, 1.165) is 11.1 Å². The van der Waals surface area contributed by atoms with Gasteiger partial charge in [0.2, 0.25) is 5.91 Å². The molecule has 1 aliphatic heterocycles. The summed E-state index contributed by atoms with van der Waals surface area (Å²) in [4.78, 5) is 23.0. The number of anilines is 1. The van der Waals surface area contributed by atoms with Crippen molar-refractivity contribution in [2.45, 2.75) is 12.3 Å². The minimum absolute atomic E-state index is 0.0773. The Bertz CT molecular complexity index is 799. The van der Waals surface area contributed by atoms with Crippen LogP contribution in [0.5, 0.6) is 11.5 Å². The lowest BCUT2D eigenvalue weighted by Crippen LogP contribution is -2.24. The van der Waals surface area contributed by atoms with E-state index in [0.29, 0.717) is 23.7 Å². The third-order valence-corrected chi connectivity index (χ3v) is 3.95. The zero-order chi connectivity index (χ0) is 17.3. The molecule has 2 heterocycles. The minimum Gasteiger partial charge on any atom is -0.493 e. The number of nitrogens with zero attached hydrogens (tertiary/aromatic N) is 2. The predicted octanol–water partition coefficient (Wildman–Crippen LogP) is 0.767. The maximum Gasteiger partial charge on any atom is 0.255 e. The van der Waals surface area contributed by atoms with Crippen LogP contribution < -0.4 is 20.5 Å². The molecule has 1 atom stereocenters. The number of amides is 2. The number of ether oxygens (including phenoxy) is 2. The molecule has 1 aromatic heterocycles. The molecule has 2 aromatic rings. The zero-order valence-corrected chi connectivity index (χ0v) is 13.4. The van der Waals surface area contributed by atoms with E-state index in [-0.39, 0.29) is 18.4 Å². The van der Waals surface area contributed by atoms with Gasteiger partial charge in [0.15, 0.2) is 18.1 Å². The smallest absolute Gasteiger partial charge is 0.255 e. The van der Waals surface area contributed by atoms with Crippen molar-refractivity contribution in [3.8, 4) is 11.5 Å². The molecular weight excluding hydrogens is 312 g/mol. The van der Waals surface area contributed by atoms with Crippen molar-refractivity contribution in [1.82, 2.24) is 9.78 Å². The van der Waals surface area contributed by atoms with Crippen LogP contribution in [0.4, 0.5) is 5.82 Å². The number of fused-ring (bicyclic) bond motifs is 1. The van der Waals surface area contributed by atoms with Gasteiger partial charge in [-0.3, -0.25) is 14.3 Å². The fourth-order valence-corrected chi connectivity index (χ4v) is 2.81. The summed E-state index contributed by atoms with van der Waals surface area (Å²) in [5, 5.41) is 7.04. The second-order valence-corrected chi connectivity index (χ2v) is 5.54. The number of hydrogen-bond donors (Lipinski definition) is 2. The van der Waals surface area contributed by atoms with Gasteiger partial charge in [-0.25, -0.2) is 0 Å². The second kappa shape index (κ2) is 6.23. The summed E-state index contributed by atoms with van der Waals surface area (Å²) < 4.78 is 12.3. The Kier molecular flexibility index (Phi) is 4.11. The first-order chi connectivity index (χ1) is 11.5. The number of benzene rings is 1. The largest absolute Gasteiger partial charge is 0.493 e. The quantitative estimate of drug-likeness (QED) is 0.841. The van der Waals surface area contributed by atoms with Crippen molar-refractivity contribution in [2.24, 2.45) is 12.8 Å². The van der Waals surface area contributed by atoms with Crippen LogP contribution in [0, 0.1) is 0 Å². The number of nitrogens with one attached hydrogen (secondary N) is 1. The molecule has 3 N–H and O–H groups in total. The van der Waals surface area contributed by atoms with Crippen LogP contribution in [0.15, 0.2) is 24.4 Å². The Morgan fingerprint density at radius 1 is 1.46 bits per heavy atom. The normalized spacial score (nSPS) is 16.2. The van der Waals surface area contributed by atoms with Gasteiger partial charge in [-0.1, -0.05) is 6.07 Å². The van der Waals surface area contributed by atoms with Gasteiger partial charge < -0.3 is 20.5 Å². The number of carbonyl (C=O) groups excluding carboxylic acids is 2. The Balaban J connectivity index is 1.98. The van der Waals surface area contributed by atoms with E-state index in [1.54, 1.807) is 30.1 Å². The summed E-state index contributed by atoms with van der Waals surface area (Å²) in [6.07, 6.45) is 2.05. The number of hydrogen-bond acceptors (Lipinski definition) is 5. The Hall–Kier alpha value is -3.03. The van der Waals surface area contributed by atoms with E-state index in [2.05, 4.69) is 10.4 Å². The van der Waals surface area contributed by atoms with Gasteiger partial charge in [0.05, 0.1) is 13.3 Å². The lowest BCUT2D eigenvalue weighted by Gasteiger charge is -2.24. The number of primary amides is 1. The highest BCUT2D eigenvalue weighted by Gasteiger charge is 2.29. The van der Waals surface area contributed by atoms with Gasteiger partial charge in [-0.15, -0.1) is 0 Å². The Morgan fingerprint density at radius 2 is 2.25 bits per heavy atom. The van der Waals surface area contributed by atoms with E-state index < -0.39 is 5.91 Å². The van der Waals surface area contributed by atoms with Crippen molar-refractivity contribution >= 4 is 17.6 Å². The summed E-state index contributed by atoms with van der Waals surface area (Å²) in [6, 6.07) is 5.38. The molecule has 0 fully saturated rings. The first-order valence-corrected chi connectivity index (χ1v) is 7.40. The number of aryl methyl sites for hydroxylation is 1. The highest BCUT2D eigenvalue weighted by molar-refractivity contribution is 5.94. The third kappa shape index (κ3) is 2.90. The van der Waals surface area contributed by atoms with Gasteiger partial charge >= 0.3 is 0 Å². The topological polar surface area (TPSA) is 108 Å². The molecule has 0 spiro atoms. The lowest BCUT2D eigenvalue weighted by atomic mass is 9.87. The van der Waals surface area contributed by atoms with E-state index in [9.17, 15) is 9.59 Å². The monoisotopic (exact) mass is 330 g/mol. The zero-order valence-electron chi connectivity index (χ0n) is 13.4. The minimum atomic E-state index is -0.575. The van der Waals surface area contributed by atoms with Gasteiger partial charge in [0.25, 0.3) is 5.91 Å². The molecule has 0 bridgehead atoms. The predicted molar refractivity (Wildman–Crippen MR) is 86.0 cm³/mol. The Labute approximate surface area is 138 Å². The molecule has 3 rings (SSSR count). The molecule has 1 aromatic carbocycles. The van der Waals surface area contributed by atoms with E-state index in [4.69, 9.17) is 15.2 Å². The number of methoxy groups -OCH3 is 1. The molecule has 24 heavy (non-hydrogen) atoms. The molecular formula is C16H18N4O4. The molecule has 1 aliphatic rings. The fourth-order valence-electron chi connectivity index (χ4n) is 2.81. The summed E-state index contributed by atoms with van der Waals surface area (Å²) >= 11 is 0. The molecule has 0 aliphatic carbocycles. The maximum absolute atomic E-state index is 12.0. The van der Waals surface area contributed by atoms with Gasteiger partial charge in [-0.05, 0) is 17.7 Å². The molecule has 0 radical (unpaired) electrons. The number of aromatic nitrogens is 2. The van der Waals surface area contributed by atoms with Crippen LogP contribution in [0.3, 0.4) is 0 Å². The van der Waals surface area contributed by atoms with Crippen molar-refractivity contribution in [3.63, 3.8) is 0 Å². The number of carbonyl (C=O) groups is 2. The van der Waals surface area contributed by atoms with Gasteiger partial charge in [0, 0.05) is 24.9 Å². The van der Waals surface area contributed by atoms with Gasteiger partial charge in [-0.2, -0.15) is 5.10 Å². The van der Waals surface area contributed by atoms with Crippen molar-refractivity contribution in [2.75, 3.05) is 19.0 Å². The molecule has 2 amide bonds. The van der Waals surface area contributed by atoms with E-state index >= 15 is 0 Å². The average molecular weight is 330 g/mol. The van der Waals surface area contributed by atoms with Crippen LogP contribution in [0.1, 0.15) is 23.5 Å². The molecule has 0 saturated heterocycles. The molecule has 8 heteroatoms. The first kappa shape index (κ1) is 15.9. The van der Waals surface area contributed by atoms with Crippen molar-refractivity contribution < 1.29 is 19.1 Å². The maximum atomic E-state index is 12.0. The average Bonchev–Trinajstić information content (AvgIpc) is 2.93. The van der Waals surface area contributed by atoms with Crippen LogP contribution in [0.25, 0.3) is 0 Å². The highest BCUT2D eigenvalue weighted by atomic mass is 16.5. The first-order valence-electron chi connectivity index (χ1n) is 7.40. The van der Waals surface area contributed by atoms with Crippen molar-refractivity contribution in [3.05, 3.63) is 35.5 Å². The standard InChI is InChI=1S/C16H18N4O4/c1-20-16-11(7-18-20)10(6-15(22)19-16)9-3-4-12(23-2)13(5-9)24-8-14(17)21/h3-5,7,10H,6,8H2,1-2H3,(H2,17,21)(H,19,22)/t10-/m1/s1. The molecule has 0 saturated carbocycles. The van der Waals surface area contributed by atoms with Gasteiger partial charge in [0.1, 0.15) is 5.82 Å². The second-order valence-electron chi connectivity index (χ2n) is 5.54. The number of rotatable bonds is 5. The SMILES string of the molecule is COc1ccc([C@H]2CC(=O)Nc3c2cnn3C)cc1OCC(N)=O. The van der Waals surface area contributed by atoms with Crippen LogP contribution in [0.2, 0.25) is 0 Å².